The van der Waals surface area contributed by atoms with Gasteiger partial charge in [-0.3, -0.25) is 0 Å². The fourth-order valence-electron chi connectivity index (χ4n) is 11.7. The molecule has 1 saturated carbocycles. The molecule has 1 fully saturated rings. The number of rotatable bonds is 5. The van der Waals surface area contributed by atoms with E-state index in [-0.39, 0.29) is 10.8 Å². The molecule has 306 valence electrons. The number of nitrogens with zero attached hydrogens (tertiary/aromatic N) is 2. The van der Waals surface area contributed by atoms with Gasteiger partial charge in [-0.25, -0.2) is 9.97 Å². The third kappa shape index (κ3) is 5.56. The molecule has 0 saturated heterocycles. The van der Waals surface area contributed by atoms with Gasteiger partial charge in [-0.2, -0.15) is 0 Å². The van der Waals surface area contributed by atoms with E-state index in [0.717, 1.165) is 45.0 Å². The Bertz CT molecular complexity index is 3480. The Morgan fingerprint density at radius 2 is 0.906 bits per heavy atom. The van der Waals surface area contributed by atoms with E-state index in [4.69, 9.17) is 9.97 Å². The summed E-state index contributed by atoms with van der Waals surface area (Å²) >= 11 is 1.86. The maximum atomic E-state index is 5.63. The molecule has 0 unspecified atom stereocenters. The van der Waals surface area contributed by atoms with Crippen LogP contribution < -0.4 is 0 Å². The molecule has 0 bridgehead atoms. The van der Waals surface area contributed by atoms with Crippen LogP contribution >= 0.6 is 11.3 Å². The topological polar surface area (TPSA) is 25.8 Å². The smallest absolute Gasteiger partial charge is 0.0987 e. The van der Waals surface area contributed by atoms with Crippen LogP contribution in [0.25, 0.3) is 98.6 Å². The lowest BCUT2D eigenvalue weighted by Gasteiger charge is -2.36. The number of fused-ring (bicyclic) bond motifs is 11. The van der Waals surface area contributed by atoms with Gasteiger partial charge in [0.25, 0.3) is 0 Å². The van der Waals surface area contributed by atoms with Crippen LogP contribution in [-0.2, 0) is 10.8 Å². The van der Waals surface area contributed by atoms with E-state index in [2.05, 4.69) is 196 Å². The van der Waals surface area contributed by atoms with E-state index < -0.39 is 0 Å². The molecule has 3 heteroatoms. The first-order valence-corrected chi connectivity index (χ1v) is 23.8. The SMILES string of the molecule is CC1(C)c2ccccc2-c2cc3c(cc21)-c1ccc(-c2ccc4sc5c(-c6nc(-c7ccccc7)c(-c7ccccc7)nc6-c6ccccc6)cccc5c4c2)cc1C31CCCCC1. The monoisotopic (exact) mass is 838 g/mol. The average Bonchev–Trinajstić information content (AvgIpc) is 3.94. The summed E-state index contributed by atoms with van der Waals surface area (Å²) in [5, 5.41) is 2.54. The molecule has 13 rings (SSSR count). The molecule has 3 aliphatic rings. The molecule has 10 aromatic rings. The Balaban J connectivity index is 0.962. The molecule has 2 heterocycles. The zero-order valence-corrected chi connectivity index (χ0v) is 37.0. The fourth-order valence-corrected chi connectivity index (χ4v) is 12.9. The predicted octanol–water partition coefficient (Wildman–Crippen LogP) is 16.7. The van der Waals surface area contributed by atoms with Crippen molar-refractivity contribution in [1.29, 1.82) is 0 Å². The van der Waals surface area contributed by atoms with Crippen molar-refractivity contribution in [2.75, 3.05) is 0 Å². The van der Waals surface area contributed by atoms with E-state index >= 15 is 0 Å². The highest BCUT2D eigenvalue weighted by Gasteiger charge is 2.46. The average molecular weight is 839 g/mol. The summed E-state index contributed by atoms with van der Waals surface area (Å²) in [6.45, 7) is 4.82. The molecule has 3 aliphatic carbocycles. The van der Waals surface area contributed by atoms with Crippen molar-refractivity contribution in [2.24, 2.45) is 0 Å². The Labute approximate surface area is 379 Å². The van der Waals surface area contributed by atoms with Crippen LogP contribution in [-0.4, -0.2) is 9.97 Å². The number of hydrogen-bond donors (Lipinski definition) is 0. The summed E-state index contributed by atoms with van der Waals surface area (Å²) in [4.78, 5) is 11.2. The molecule has 2 aromatic heterocycles. The van der Waals surface area contributed by atoms with Crippen molar-refractivity contribution >= 4 is 31.5 Å². The van der Waals surface area contributed by atoms with Crippen LogP contribution in [0.3, 0.4) is 0 Å². The predicted molar refractivity (Wildman–Crippen MR) is 269 cm³/mol. The molecule has 2 nitrogen and oxygen atoms in total. The summed E-state index contributed by atoms with van der Waals surface area (Å²) in [5.41, 5.74) is 22.2. The fraction of sp³-hybridized carbons (Fsp3) is 0.148. The number of aromatic nitrogens is 2. The molecular weight excluding hydrogens is 793 g/mol. The second-order valence-electron chi connectivity index (χ2n) is 18.7. The Morgan fingerprint density at radius 1 is 0.375 bits per heavy atom. The van der Waals surface area contributed by atoms with Gasteiger partial charge in [0.1, 0.15) is 0 Å². The first-order valence-electron chi connectivity index (χ1n) is 22.9. The van der Waals surface area contributed by atoms with Gasteiger partial charge in [0.15, 0.2) is 0 Å². The van der Waals surface area contributed by atoms with Gasteiger partial charge in [0.05, 0.1) is 22.8 Å². The zero-order valence-electron chi connectivity index (χ0n) is 36.2. The zero-order chi connectivity index (χ0) is 42.6. The molecule has 1 spiro atoms. The largest absolute Gasteiger partial charge is 0.243 e. The van der Waals surface area contributed by atoms with E-state index in [1.807, 2.05) is 11.3 Å². The van der Waals surface area contributed by atoms with Gasteiger partial charge >= 0.3 is 0 Å². The van der Waals surface area contributed by atoms with Gasteiger partial charge in [0, 0.05) is 53.3 Å². The van der Waals surface area contributed by atoms with Crippen molar-refractivity contribution < 1.29 is 0 Å². The number of hydrogen-bond acceptors (Lipinski definition) is 3. The third-order valence-corrected chi connectivity index (χ3v) is 16.1. The normalized spacial score (nSPS) is 15.3. The highest BCUT2D eigenvalue weighted by Crippen LogP contribution is 2.60. The van der Waals surface area contributed by atoms with Crippen LogP contribution in [0.1, 0.15) is 68.2 Å². The summed E-state index contributed by atoms with van der Waals surface area (Å²) in [5.74, 6) is 0. The minimum Gasteiger partial charge on any atom is -0.243 e. The van der Waals surface area contributed by atoms with E-state index in [0.29, 0.717) is 0 Å². The maximum absolute atomic E-state index is 5.63. The lowest BCUT2D eigenvalue weighted by molar-refractivity contribution is 0.353. The molecule has 0 aliphatic heterocycles. The molecule has 0 radical (unpaired) electrons. The highest BCUT2D eigenvalue weighted by atomic mass is 32.1. The van der Waals surface area contributed by atoms with Gasteiger partial charge < -0.3 is 0 Å². The summed E-state index contributed by atoms with van der Waals surface area (Å²) < 4.78 is 2.51. The van der Waals surface area contributed by atoms with Gasteiger partial charge in [-0.1, -0.05) is 185 Å². The minimum absolute atomic E-state index is 0.0204. The summed E-state index contributed by atoms with van der Waals surface area (Å²) in [7, 11) is 0. The molecular formula is C61H46N2S. The van der Waals surface area contributed by atoms with Gasteiger partial charge in [-0.15, -0.1) is 11.3 Å². The third-order valence-electron chi connectivity index (χ3n) is 14.9. The Morgan fingerprint density at radius 3 is 1.61 bits per heavy atom. The van der Waals surface area contributed by atoms with Crippen LogP contribution in [0.15, 0.2) is 182 Å². The lowest BCUT2D eigenvalue weighted by Crippen LogP contribution is -2.28. The van der Waals surface area contributed by atoms with E-state index in [1.54, 1.807) is 5.56 Å². The van der Waals surface area contributed by atoms with E-state index in [9.17, 15) is 0 Å². The van der Waals surface area contributed by atoms with Crippen LogP contribution in [0, 0.1) is 0 Å². The highest BCUT2D eigenvalue weighted by molar-refractivity contribution is 7.26. The van der Waals surface area contributed by atoms with Crippen molar-refractivity contribution in [3.8, 4) is 78.4 Å². The lowest BCUT2D eigenvalue weighted by atomic mass is 9.67. The molecule has 0 amide bonds. The van der Waals surface area contributed by atoms with Crippen molar-refractivity contribution in [3.63, 3.8) is 0 Å². The second kappa shape index (κ2) is 14.3. The molecule has 8 aromatic carbocycles. The first-order chi connectivity index (χ1) is 31.5. The van der Waals surface area contributed by atoms with Crippen molar-refractivity contribution in [2.45, 2.75) is 56.8 Å². The van der Waals surface area contributed by atoms with E-state index in [1.165, 1.54) is 102 Å². The van der Waals surface area contributed by atoms with Crippen molar-refractivity contribution in [3.05, 3.63) is 204 Å². The Kier molecular flexibility index (Phi) is 8.39. The second-order valence-corrected chi connectivity index (χ2v) is 19.8. The van der Waals surface area contributed by atoms with Crippen LogP contribution in [0.5, 0.6) is 0 Å². The summed E-state index contributed by atoms with van der Waals surface area (Å²) in [6, 6.07) is 67.2. The van der Waals surface area contributed by atoms with Crippen molar-refractivity contribution in [1.82, 2.24) is 9.97 Å². The van der Waals surface area contributed by atoms with Gasteiger partial charge in [-0.05, 0) is 98.8 Å². The molecule has 64 heavy (non-hydrogen) atoms. The standard InChI is InChI=1S/C61H46N2S/c1-60(2)50-27-14-13-24-43(50)47-37-53-48(36-51(47)60)44-30-28-42(35-52(44)61(53)32-15-6-16-33-61)41-29-31-54-49(34-41)45-25-17-26-46(59(45)64-54)58-57(40-22-11-5-12-23-40)62-55(38-18-7-3-8-19-38)56(63-58)39-20-9-4-10-21-39/h3-5,7-14,17-31,34-37H,6,15-16,32-33H2,1-2H3. The maximum Gasteiger partial charge on any atom is 0.0987 e. The van der Waals surface area contributed by atoms with Crippen LogP contribution in [0.2, 0.25) is 0 Å². The summed E-state index contributed by atoms with van der Waals surface area (Å²) in [6.07, 6.45) is 6.29. The number of thiophene rings is 1. The van der Waals surface area contributed by atoms with Crippen LogP contribution in [0.4, 0.5) is 0 Å². The first kappa shape index (κ1) is 37.6. The molecule has 0 atom stereocenters. The van der Waals surface area contributed by atoms with Gasteiger partial charge in [0.2, 0.25) is 0 Å². The number of benzene rings is 8. The minimum atomic E-state index is -0.0204. The Hall–Kier alpha value is -6.94. The quantitative estimate of drug-likeness (QED) is 0.173. The molecule has 0 N–H and O–H groups in total.